The van der Waals surface area contributed by atoms with Gasteiger partial charge in [-0.3, -0.25) is 0 Å². The minimum atomic E-state index is -0.970. The van der Waals surface area contributed by atoms with Crippen LogP contribution in [-0.4, -0.2) is 15.1 Å². The van der Waals surface area contributed by atoms with Crippen LogP contribution in [0.1, 0.15) is 37.2 Å². The van der Waals surface area contributed by atoms with Crippen LogP contribution < -0.4 is 10.5 Å². The first-order chi connectivity index (χ1) is 13.3. The van der Waals surface area contributed by atoms with Crippen LogP contribution in [0.4, 0.5) is 14.6 Å². The molecule has 0 saturated heterocycles. The van der Waals surface area contributed by atoms with Gasteiger partial charge >= 0.3 is 0 Å². The lowest BCUT2D eigenvalue weighted by Gasteiger charge is -2.18. The summed E-state index contributed by atoms with van der Waals surface area (Å²) in [6.45, 7) is 3.14. The molecule has 0 amide bonds. The second-order valence-electron chi connectivity index (χ2n) is 6.23. The Hall–Kier alpha value is -2.77. The van der Waals surface area contributed by atoms with Gasteiger partial charge in [-0.15, -0.1) is 0 Å². The molecule has 3 rings (SSSR count). The summed E-state index contributed by atoms with van der Waals surface area (Å²) in [5.74, 6) is -1.53. The number of rotatable bonds is 5. The van der Waals surface area contributed by atoms with Crippen molar-refractivity contribution in [3.63, 3.8) is 0 Å². The Kier molecular flexibility index (Phi) is 5.76. The number of ether oxygens (including phenoxy) is 1. The second kappa shape index (κ2) is 8.08. The van der Waals surface area contributed by atoms with Crippen LogP contribution in [0.15, 0.2) is 42.6 Å². The lowest BCUT2D eigenvalue weighted by molar-refractivity contribution is 0.199. The van der Waals surface area contributed by atoms with E-state index in [-0.39, 0.29) is 22.3 Å². The first kappa shape index (κ1) is 20.0. The molecule has 0 saturated carbocycles. The van der Waals surface area contributed by atoms with Crippen LogP contribution in [0.5, 0.6) is 5.88 Å². The molecule has 0 aliphatic rings. The molecule has 2 atom stereocenters. The second-order valence-corrected chi connectivity index (χ2v) is 6.60. The fourth-order valence-electron chi connectivity index (χ4n) is 2.83. The number of halogens is 3. The van der Waals surface area contributed by atoms with Gasteiger partial charge in [0.1, 0.15) is 17.7 Å². The van der Waals surface area contributed by atoms with Gasteiger partial charge in [-0.1, -0.05) is 35.9 Å². The van der Waals surface area contributed by atoms with E-state index in [1.54, 1.807) is 31.2 Å². The zero-order chi connectivity index (χ0) is 20.4. The monoisotopic (exact) mass is 405 g/mol. The van der Waals surface area contributed by atoms with Crippen molar-refractivity contribution >= 4 is 17.4 Å². The highest BCUT2D eigenvalue weighted by Gasteiger charge is 2.22. The lowest BCUT2D eigenvalue weighted by atomic mass is 10.0. The van der Waals surface area contributed by atoms with Crippen molar-refractivity contribution in [3.8, 4) is 17.1 Å². The maximum Gasteiger partial charge on any atom is 0.258 e. The van der Waals surface area contributed by atoms with Gasteiger partial charge in [-0.25, -0.2) is 18.7 Å². The molecule has 3 N–H and O–H groups in total. The summed E-state index contributed by atoms with van der Waals surface area (Å²) in [6, 6.07) is 9.05. The molecule has 0 fully saturated rings. The zero-order valence-corrected chi connectivity index (χ0v) is 15.9. The van der Waals surface area contributed by atoms with E-state index in [0.29, 0.717) is 16.8 Å². The molecule has 0 bridgehead atoms. The molecule has 146 valence electrons. The molecule has 0 spiro atoms. The summed E-state index contributed by atoms with van der Waals surface area (Å²) in [5, 5.41) is 9.61. The van der Waals surface area contributed by atoms with E-state index < -0.39 is 23.8 Å². The molecule has 1 heterocycles. The lowest BCUT2D eigenvalue weighted by Crippen LogP contribution is -2.11. The number of aromatic nitrogens is 2. The van der Waals surface area contributed by atoms with E-state index in [1.807, 2.05) is 0 Å². The Bertz CT molecular complexity index is 1010. The molecule has 0 radical (unpaired) electrons. The zero-order valence-electron chi connectivity index (χ0n) is 15.2. The van der Waals surface area contributed by atoms with Crippen molar-refractivity contribution in [1.82, 2.24) is 9.97 Å². The van der Waals surface area contributed by atoms with Gasteiger partial charge in [0.25, 0.3) is 5.88 Å². The number of anilines is 1. The van der Waals surface area contributed by atoms with Gasteiger partial charge in [-0.05, 0) is 31.5 Å². The molecular weight excluding hydrogens is 388 g/mol. The van der Waals surface area contributed by atoms with E-state index >= 15 is 0 Å². The Morgan fingerprint density at radius 1 is 1.11 bits per heavy atom. The van der Waals surface area contributed by atoms with Crippen LogP contribution in [0.2, 0.25) is 5.02 Å². The predicted octanol–water partition coefficient (Wildman–Crippen LogP) is 4.85. The van der Waals surface area contributed by atoms with Crippen LogP contribution in [0, 0.1) is 11.6 Å². The van der Waals surface area contributed by atoms with Gasteiger partial charge in [-0.2, -0.15) is 0 Å². The molecule has 2 aromatic carbocycles. The number of benzene rings is 2. The van der Waals surface area contributed by atoms with Crippen molar-refractivity contribution in [2.75, 3.05) is 5.73 Å². The Labute approximate surface area is 165 Å². The standard InChI is InChI=1S/C20H18ClF2N3O2/c1-10(27)12-5-3-4-6-13(12)16-9-25-19(24)20(26-16)28-11(2)17-14(22)7-8-15(23)18(17)21/h3-11,27H,1-2H3,(H2,24,25). The van der Waals surface area contributed by atoms with Crippen LogP contribution in [-0.2, 0) is 0 Å². The number of hydrogen-bond acceptors (Lipinski definition) is 5. The number of aliphatic hydroxyl groups excluding tert-OH is 1. The van der Waals surface area contributed by atoms with Gasteiger partial charge in [0.05, 0.1) is 23.0 Å². The molecule has 1 aromatic heterocycles. The molecule has 2 unspecified atom stereocenters. The van der Waals surface area contributed by atoms with E-state index in [0.717, 1.165) is 12.1 Å². The van der Waals surface area contributed by atoms with Crippen molar-refractivity contribution < 1.29 is 18.6 Å². The first-order valence-electron chi connectivity index (χ1n) is 8.49. The molecular formula is C20H18ClF2N3O2. The third-order valence-electron chi connectivity index (χ3n) is 4.23. The van der Waals surface area contributed by atoms with E-state index in [9.17, 15) is 13.9 Å². The predicted molar refractivity (Wildman–Crippen MR) is 103 cm³/mol. The van der Waals surface area contributed by atoms with E-state index in [4.69, 9.17) is 22.1 Å². The number of hydrogen-bond donors (Lipinski definition) is 2. The van der Waals surface area contributed by atoms with Gasteiger partial charge < -0.3 is 15.6 Å². The average Bonchev–Trinajstić information content (AvgIpc) is 2.67. The number of nitrogen functional groups attached to an aromatic ring is 1. The fourth-order valence-corrected chi connectivity index (χ4v) is 3.14. The van der Waals surface area contributed by atoms with E-state index in [1.165, 1.54) is 13.1 Å². The average molecular weight is 406 g/mol. The van der Waals surface area contributed by atoms with Crippen molar-refractivity contribution in [1.29, 1.82) is 0 Å². The molecule has 8 heteroatoms. The maximum absolute atomic E-state index is 14.1. The summed E-state index contributed by atoms with van der Waals surface area (Å²) in [5.41, 5.74) is 7.43. The van der Waals surface area contributed by atoms with Gasteiger partial charge in [0.2, 0.25) is 0 Å². The number of nitrogens with zero attached hydrogens (tertiary/aromatic N) is 2. The summed E-state index contributed by atoms with van der Waals surface area (Å²) >= 11 is 5.89. The summed E-state index contributed by atoms with van der Waals surface area (Å²) < 4.78 is 33.5. The summed E-state index contributed by atoms with van der Waals surface area (Å²) in [4.78, 5) is 8.43. The van der Waals surface area contributed by atoms with Crippen molar-refractivity contribution in [2.24, 2.45) is 0 Å². The van der Waals surface area contributed by atoms with Crippen molar-refractivity contribution in [3.05, 3.63) is 70.4 Å². The van der Waals surface area contributed by atoms with Crippen LogP contribution in [0.25, 0.3) is 11.3 Å². The summed E-state index contributed by atoms with van der Waals surface area (Å²) in [7, 11) is 0. The topological polar surface area (TPSA) is 81.3 Å². The molecule has 3 aromatic rings. The molecule has 28 heavy (non-hydrogen) atoms. The molecule has 0 aliphatic heterocycles. The molecule has 0 aliphatic carbocycles. The van der Waals surface area contributed by atoms with Crippen LogP contribution >= 0.6 is 11.6 Å². The van der Waals surface area contributed by atoms with Crippen LogP contribution in [0.3, 0.4) is 0 Å². The molecule has 5 nitrogen and oxygen atoms in total. The minimum Gasteiger partial charge on any atom is -0.467 e. The third kappa shape index (κ3) is 3.90. The number of aliphatic hydroxyl groups is 1. The normalized spacial score (nSPS) is 13.2. The van der Waals surface area contributed by atoms with Gasteiger partial charge in [0, 0.05) is 11.1 Å². The van der Waals surface area contributed by atoms with Crippen molar-refractivity contribution in [2.45, 2.75) is 26.1 Å². The SMILES string of the molecule is CC(O)c1ccccc1-c1cnc(N)c(OC(C)c2c(F)ccc(F)c2Cl)n1. The third-order valence-corrected chi connectivity index (χ3v) is 4.61. The number of nitrogens with two attached hydrogens (primary N) is 1. The Balaban J connectivity index is 1.99. The fraction of sp³-hybridized carbons (Fsp3) is 0.200. The minimum absolute atomic E-state index is 0.0157. The van der Waals surface area contributed by atoms with Gasteiger partial charge in [0.15, 0.2) is 5.82 Å². The summed E-state index contributed by atoms with van der Waals surface area (Å²) in [6.07, 6.45) is -0.245. The highest BCUT2D eigenvalue weighted by atomic mass is 35.5. The van der Waals surface area contributed by atoms with E-state index in [2.05, 4.69) is 9.97 Å². The highest BCUT2D eigenvalue weighted by molar-refractivity contribution is 6.31. The first-order valence-corrected chi connectivity index (χ1v) is 8.87. The Morgan fingerprint density at radius 2 is 1.79 bits per heavy atom. The Morgan fingerprint density at radius 3 is 2.50 bits per heavy atom. The quantitative estimate of drug-likeness (QED) is 0.593. The largest absolute Gasteiger partial charge is 0.467 e. The highest BCUT2D eigenvalue weighted by Crippen LogP contribution is 2.34. The maximum atomic E-state index is 14.1. The smallest absolute Gasteiger partial charge is 0.258 e.